The second kappa shape index (κ2) is 6.66. The van der Waals surface area contributed by atoms with Crippen molar-refractivity contribution in [1.29, 1.82) is 0 Å². The molecule has 0 bridgehead atoms. The molecule has 0 aromatic heterocycles. The summed E-state index contributed by atoms with van der Waals surface area (Å²) in [6.45, 7) is 4.53. The van der Waals surface area contributed by atoms with Crippen LogP contribution in [-0.2, 0) is 9.53 Å². The Balaban J connectivity index is 2.69. The fourth-order valence-corrected chi connectivity index (χ4v) is 1.74. The number of ether oxygens (including phenoxy) is 1. The van der Waals surface area contributed by atoms with Crippen molar-refractivity contribution in [2.24, 2.45) is 0 Å². The average Bonchev–Trinajstić information content (AvgIpc) is 2.27. The number of anilines is 1. The predicted molar refractivity (Wildman–Crippen MR) is 68.9 cm³/mol. The van der Waals surface area contributed by atoms with Crippen LogP contribution in [0.4, 0.5) is 5.69 Å². The molecule has 0 saturated carbocycles. The number of amides is 1. The Morgan fingerprint density at radius 3 is 2.81 bits per heavy atom. The van der Waals surface area contributed by atoms with Crippen LogP contribution in [0.25, 0.3) is 0 Å². The van der Waals surface area contributed by atoms with E-state index < -0.39 is 0 Å². The molecule has 88 valence electrons. The molecular formula is C12H16BrNO2. The minimum Gasteiger partial charge on any atom is -0.372 e. The van der Waals surface area contributed by atoms with Crippen molar-refractivity contribution in [3.8, 4) is 0 Å². The third-order valence-corrected chi connectivity index (χ3v) is 2.59. The van der Waals surface area contributed by atoms with E-state index in [1.807, 2.05) is 38.1 Å². The summed E-state index contributed by atoms with van der Waals surface area (Å²) < 4.78 is 5.04. The maximum absolute atomic E-state index is 11.5. The molecule has 4 heteroatoms. The summed E-state index contributed by atoms with van der Waals surface area (Å²) in [5.41, 5.74) is 1.89. The van der Waals surface area contributed by atoms with E-state index in [2.05, 4.69) is 21.2 Å². The highest BCUT2D eigenvalue weighted by molar-refractivity contribution is 9.09. The summed E-state index contributed by atoms with van der Waals surface area (Å²) in [5, 5.41) is 2.83. The standard InChI is InChI=1S/C12H16BrNO2/c1-3-16-8-12(15)14-11-7-5-4-6-10(11)9(2)13/h4-7,9H,3,8H2,1-2H3,(H,14,15). The molecule has 1 amide bonds. The van der Waals surface area contributed by atoms with Crippen LogP contribution < -0.4 is 5.32 Å². The van der Waals surface area contributed by atoms with Gasteiger partial charge in [-0.15, -0.1) is 0 Å². The Bertz CT molecular complexity index is 353. The van der Waals surface area contributed by atoms with Crippen LogP contribution in [0.15, 0.2) is 24.3 Å². The maximum atomic E-state index is 11.5. The lowest BCUT2D eigenvalue weighted by molar-refractivity contribution is -0.120. The molecule has 1 atom stereocenters. The van der Waals surface area contributed by atoms with E-state index >= 15 is 0 Å². The van der Waals surface area contributed by atoms with Crippen LogP contribution in [0.1, 0.15) is 24.2 Å². The first-order valence-corrected chi connectivity index (χ1v) is 6.17. The van der Waals surface area contributed by atoms with Gasteiger partial charge in [0, 0.05) is 17.1 Å². The maximum Gasteiger partial charge on any atom is 0.250 e. The Hall–Kier alpha value is -0.870. The Morgan fingerprint density at radius 2 is 2.19 bits per heavy atom. The Labute approximate surface area is 104 Å². The summed E-state index contributed by atoms with van der Waals surface area (Å²) in [6, 6.07) is 7.72. The lowest BCUT2D eigenvalue weighted by Gasteiger charge is -2.12. The summed E-state index contributed by atoms with van der Waals surface area (Å²) >= 11 is 3.49. The van der Waals surface area contributed by atoms with Crippen LogP contribution in [-0.4, -0.2) is 19.1 Å². The number of benzene rings is 1. The van der Waals surface area contributed by atoms with Crippen LogP contribution in [0.5, 0.6) is 0 Å². The third kappa shape index (κ3) is 3.94. The number of para-hydroxylation sites is 1. The van der Waals surface area contributed by atoms with Crippen LogP contribution >= 0.6 is 15.9 Å². The highest BCUT2D eigenvalue weighted by atomic mass is 79.9. The molecule has 0 fully saturated rings. The largest absolute Gasteiger partial charge is 0.372 e. The molecule has 0 aliphatic rings. The molecule has 0 heterocycles. The first-order chi connectivity index (χ1) is 7.65. The molecule has 3 nitrogen and oxygen atoms in total. The highest BCUT2D eigenvalue weighted by Gasteiger charge is 2.09. The molecule has 1 aromatic carbocycles. The van der Waals surface area contributed by atoms with Crippen molar-refractivity contribution >= 4 is 27.5 Å². The zero-order chi connectivity index (χ0) is 12.0. The molecule has 16 heavy (non-hydrogen) atoms. The van der Waals surface area contributed by atoms with E-state index in [0.29, 0.717) is 6.61 Å². The van der Waals surface area contributed by atoms with Gasteiger partial charge in [0.25, 0.3) is 0 Å². The third-order valence-electron chi connectivity index (χ3n) is 2.10. The van der Waals surface area contributed by atoms with Gasteiger partial charge in [0.05, 0.1) is 0 Å². The van der Waals surface area contributed by atoms with Crippen molar-refractivity contribution in [2.75, 3.05) is 18.5 Å². The molecular weight excluding hydrogens is 270 g/mol. The average molecular weight is 286 g/mol. The number of hydrogen-bond acceptors (Lipinski definition) is 2. The Kier molecular flexibility index (Phi) is 5.49. The second-order valence-electron chi connectivity index (χ2n) is 3.39. The van der Waals surface area contributed by atoms with Crippen molar-refractivity contribution in [2.45, 2.75) is 18.7 Å². The van der Waals surface area contributed by atoms with Gasteiger partial charge in [-0.3, -0.25) is 4.79 Å². The van der Waals surface area contributed by atoms with Gasteiger partial charge in [-0.1, -0.05) is 34.1 Å². The first kappa shape index (κ1) is 13.2. The topological polar surface area (TPSA) is 38.3 Å². The van der Waals surface area contributed by atoms with Gasteiger partial charge in [0.1, 0.15) is 6.61 Å². The summed E-state index contributed by atoms with van der Waals surface area (Å²) in [5.74, 6) is -0.123. The van der Waals surface area contributed by atoms with E-state index in [1.54, 1.807) is 0 Å². The summed E-state index contributed by atoms with van der Waals surface area (Å²) in [6.07, 6.45) is 0. The van der Waals surface area contributed by atoms with Gasteiger partial charge in [-0.2, -0.15) is 0 Å². The predicted octanol–water partition coefficient (Wildman–Crippen LogP) is 3.12. The summed E-state index contributed by atoms with van der Waals surface area (Å²) in [7, 11) is 0. The van der Waals surface area contributed by atoms with E-state index in [4.69, 9.17) is 4.74 Å². The number of rotatable bonds is 5. The van der Waals surface area contributed by atoms with Crippen molar-refractivity contribution in [1.82, 2.24) is 0 Å². The normalized spacial score (nSPS) is 12.2. The minimum atomic E-state index is -0.123. The van der Waals surface area contributed by atoms with Crippen molar-refractivity contribution < 1.29 is 9.53 Å². The molecule has 1 N–H and O–H groups in total. The van der Waals surface area contributed by atoms with E-state index in [-0.39, 0.29) is 17.3 Å². The van der Waals surface area contributed by atoms with Gasteiger partial charge >= 0.3 is 0 Å². The minimum absolute atomic E-state index is 0.0987. The molecule has 1 aromatic rings. The molecule has 0 radical (unpaired) electrons. The number of carbonyl (C=O) groups excluding carboxylic acids is 1. The zero-order valence-corrected chi connectivity index (χ0v) is 11.1. The van der Waals surface area contributed by atoms with Crippen molar-refractivity contribution in [3.05, 3.63) is 29.8 Å². The number of carbonyl (C=O) groups is 1. The quantitative estimate of drug-likeness (QED) is 0.845. The smallest absolute Gasteiger partial charge is 0.250 e. The van der Waals surface area contributed by atoms with Crippen LogP contribution in [0.2, 0.25) is 0 Å². The molecule has 0 aliphatic heterocycles. The highest BCUT2D eigenvalue weighted by Crippen LogP contribution is 2.28. The van der Waals surface area contributed by atoms with Crippen LogP contribution in [0, 0.1) is 0 Å². The van der Waals surface area contributed by atoms with E-state index in [0.717, 1.165) is 11.3 Å². The monoisotopic (exact) mass is 285 g/mol. The number of alkyl halides is 1. The van der Waals surface area contributed by atoms with Crippen molar-refractivity contribution in [3.63, 3.8) is 0 Å². The Morgan fingerprint density at radius 1 is 1.50 bits per heavy atom. The van der Waals surface area contributed by atoms with Gasteiger partial charge in [0.2, 0.25) is 5.91 Å². The fourth-order valence-electron chi connectivity index (χ4n) is 1.34. The van der Waals surface area contributed by atoms with Gasteiger partial charge in [-0.25, -0.2) is 0 Å². The zero-order valence-electron chi connectivity index (χ0n) is 9.50. The van der Waals surface area contributed by atoms with E-state index in [1.165, 1.54) is 0 Å². The van der Waals surface area contributed by atoms with Crippen LogP contribution in [0.3, 0.4) is 0 Å². The van der Waals surface area contributed by atoms with Gasteiger partial charge in [0.15, 0.2) is 0 Å². The number of nitrogens with one attached hydrogen (secondary N) is 1. The lowest BCUT2D eigenvalue weighted by Crippen LogP contribution is -2.19. The number of hydrogen-bond donors (Lipinski definition) is 1. The van der Waals surface area contributed by atoms with E-state index in [9.17, 15) is 4.79 Å². The molecule has 1 rings (SSSR count). The first-order valence-electron chi connectivity index (χ1n) is 5.25. The van der Waals surface area contributed by atoms with Gasteiger partial charge < -0.3 is 10.1 Å². The van der Waals surface area contributed by atoms with Gasteiger partial charge in [-0.05, 0) is 25.5 Å². The lowest BCUT2D eigenvalue weighted by atomic mass is 10.1. The molecule has 1 unspecified atom stereocenters. The summed E-state index contributed by atoms with van der Waals surface area (Å²) in [4.78, 5) is 11.7. The second-order valence-corrected chi connectivity index (χ2v) is 4.76. The number of halogens is 1. The SMILES string of the molecule is CCOCC(=O)Nc1ccccc1C(C)Br. The molecule has 0 spiro atoms. The molecule has 0 saturated heterocycles. The molecule has 0 aliphatic carbocycles. The fraction of sp³-hybridized carbons (Fsp3) is 0.417.